The van der Waals surface area contributed by atoms with Gasteiger partial charge in [0.2, 0.25) is 0 Å². The summed E-state index contributed by atoms with van der Waals surface area (Å²) < 4.78 is 10.7. The Kier molecular flexibility index (Phi) is 4.79. The van der Waals surface area contributed by atoms with Gasteiger partial charge in [-0.15, -0.1) is 0 Å². The number of benzene rings is 1. The van der Waals surface area contributed by atoms with Crippen molar-refractivity contribution < 1.29 is 23.9 Å². The summed E-state index contributed by atoms with van der Waals surface area (Å²) >= 11 is 3.37. The zero-order valence-corrected chi connectivity index (χ0v) is 15.0. The number of ether oxygens (including phenoxy) is 2. The number of carbonyl (C=O) groups excluding carboxylic acids is 3. The third-order valence-corrected chi connectivity index (χ3v) is 4.07. The van der Waals surface area contributed by atoms with Gasteiger partial charge in [-0.1, -0.05) is 28.1 Å². The predicted molar refractivity (Wildman–Crippen MR) is 86.1 cm³/mol. The zero-order valence-electron chi connectivity index (χ0n) is 13.4. The highest BCUT2D eigenvalue weighted by Gasteiger charge is 2.44. The lowest BCUT2D eigenvalue weighted by atomic mass is 9.93. The van der Waals surface area contributed by atoms with Crippen LogP contribution in [0.5, 0.6) is 0 Å². The second-order valence-electron chi connectivity index (χ2n) is 6.16. The summed E-state index contributed by atoms with van der Waals surface area (Å²) in [7, 11) is 1.18. The van der Waals surface area contributed by atoms with Crippen molar-refractivity contribution in [1.82, 2.24) is 4.90 Å². The third-order valence-electron chi connectivity index (χ3n) is 3.33. The van der Waals surface area contributed by atoms with Gasteiger partial charge >= 0.3 is 12.1 Å². The lowest BCUT2D eigenvalue weighted by molar-refractivity contribution is -0.145. The Morgan fingerprint density at radius 3 is 2.52 bits per heavy atom. The van der Waals surface area contributed by atoms with Gasteiger partial charge in [0.25, 0.3) is 0 Å². The maximum atomic E-state index is 12.7. The van der Waals surface area contributed by atoms with Crippen molar-refractivity contribution in [2.24, 2.45) is 0 Å². The number of hydrogen-bond donors (Lipinski definition) is 0. The van der Waals surface area contributed by atoms with Gasteiger partial charge in [-0.2, -0.15) is 0 Å². The Balaban J connectivity index is 2.47. The zero-order chi connectivity index (χ0) is 17.4. The van der Waals surface area contributed by atoms with E-state index in [9.17, 15) is 14.4 Å². The molecule has 2 rings (SSSR count). The van der Waals surface area contributed by atoms with E-state index in [1.807, 2.05) is 0 Å². The normalized spacial score (nSPS) is 17.5. The molecule has 1 aliphatic rings. The fourth-order valence-electron chi connectivity index (χ4n) is 2.34. The van der Waals surface area contributed by atoms with Crippen molar-refractivity contribution in [3.8, 4) is 0 Å². The summed E-state index contributed by atoms with van der Waals surface area (Å²) in [5, 5.41) is 0. The number of rotatable bonds is 1. The summed E-state index contributed by atoms with van der Waals surface area (Å²) in [6, 6.07) is 3.78. The largest absolute Gasteiger partial charge is 0.467 e. The molecule has 1 amide bonds. The first kappa shape index (κ1) is 17.5. The number of carbonyl (C=O) groups is 3. The van der Waals surface area contributed by atoms with Gasteiger partial charge in [0.15, 0.2) is 11.8 Å². The van der Waals surface area contributed by atoms with Gasteiger partial charge in [0.05, 0.1) is 13.7 Å². The molecule has 0 aromatic heterocycles. The molecule has 1 heterocycles. The van der Waals surface area contributed by atoms with Crippen molar-refractivity contribution in [2.45, 2.75) is 39.0 Å². The first-order valence-electron chi connectivity index (χ1n) is 7.04. The molecule has 7 heteroatoms. The van der Waals surface area contributed by atoms with Crippen LogP contribution in [0, 0.1) is 0 Å². The number of nitrogens with zero attached hydrogens (tertiary/aromatic N) is 1. The molecule has 23 heavy (non-hydrogen) atoms. The summed E-state index contributed by atoms with van der Waals surface area (Å²) in [5.74, 6) is -1.27. The van der Waals surface area contributed by atoms with Crippen LogP contribution >= 0.6 is 15.9 Å². The number of fused-ring (bicyclic) bond motifs is 1. The van der Waals surface area contributed by atoms with E-state index in [2.05, 4.69) is 15.9 Å². The van der Waals surface area contributed by atoms with Crippen LogP contribution < -0.4 is 0 Å². The number of amides is 1. The maximum Gasteiger partial charge on any atom is 0.411 e. The summed E-state index contributed by atoms with van der Waals surface area (Å²) in [6.07, 6.45) is -0.734. The first-order chi connectivity index (χ1) is 10.7. The van der Waals surface area contributed by atoms with E-state index in [4.69, 9.17) is 9.47 Å². The highest BCUT2D eigenvalue weighted by molar-refractivity contribution is 9.10. The van der Waals surface area contributed by atoms with E-state index in [0.717, 1.165) is 4.90 Å². The first-order valence-corrected chi connectivity index (χ1v) is 7.84. The Bertz CT molecular complexity index is 665. The molecule has 1 aromatic carbocycles. The number of Topliss-reactive ketones (excluding diaryl/α,β-unsaturated/α-hetero) is 1. The molecule has 0 saturated carbocycles. The van der Waals surface area contributed by atoms with Crippen molar-refractivity contribution in [3.63, 3.8) is 0 Å². The van der Waals surface area contributed by atoms with Crippen LogP contribution in [-0.4, -0.2) is 41.5 Å². The van der Waals surface area contributed by atoms with Gasteiger partial charge in [-0.05, 0) is 32.4 Å². The average Bonchev–Trinajstić information content (AvgIpc) is 2.45. The molecule has 6 nitrogen and oxygen atoms in total. The van der Waals surface area contributed by atoms with Crippen molar-refractivity contribution >= 4 is 33.8 Å². The van der Waals surface area contributed by atoms with Crippen LogP contribution in [0.1, 0.15) is 36.7 Å². The van der Waals surface area contributed by atoms with E-state index in [-0.39, 0.29) is 6.54 Å². The van der Waals surface area contributed by atoms with Crippen LogP contribution in [0.15, 0.2) is 22.7 Å². The molecule has 1 atom stereocenters. The number of methoxy groups -OCH3 is 1. The summed E-state index contributed by atoms with van der Waals surface area (Å²) in [6.45, 7) is 5.23. The number of ketones is 1. The number of esters is 1. The fraction of sp³-hybridized carbons (Fsp3) is 0.438. The van der Waals surface area contributed by atoms with Gasteiger partial charge in [0, 0.05) is 10.0 Å². The van der Waals surface area contributed by atoms with Crippen LogP contribution in [0.2, 0.25) is 0 Å². The van der Waals surface area contributed by atoms with Crippen LogP contribution in [0.25, 0.3) is 0 Å². The second-order valence-corrected chi connectivity index (χ2v) is 7.02. The lowest BCUT2D eigenvalue weighted by Crippen LogP contribution is -2.54. The van der Waals surface area contributed by atoms with Crippen molar-refractivity contribution in [1.29, 1.82) is 0 Å². The van der Waals surface area contributed by atoms with Gasteiger partial charge in [-0.25, -0.2) is 9.59 Å². The van der Waals surface area contributed by atoms with E-state index in [1.54, 1.807) is 39.0 Å². The van der Waals surface area contributed by atoms with Gasteiger partial charge in [-0.3, -0.25) is 9.69 Å². The van der Waals surface area contributed by atoms with E-state index >= 15 is 0 Å². The standard InChI is InChI=1S/C16H18BrNO5/c1-16(2,3)23-15(21)18-8-10-9(6-5-7-11(10)17)13(19)12(18)14(20)22-4/h5-7,12H,8H2,1-4H3. The van der Waals surface area contributed by atoms with Crippen molar-refractivity contribution in [3.05, 3.63) is 33.8 Å². The van der Waals surface area contributed by atoms with Gasteiger partial charge in [0.1, 0.15) is 5.60 Å². The smallest absolute Gasteiger partial charge is 0.411 e. The van der Waals surface area contributed by atoms with Gasteiger partial charge < -0.3 is 9.47 Å². The van der Waals surface area contributed by atoms with Crippen LogP contribution in [-0.2, 0) is 20.8 Å². The fourth-order valence-corrected chi connectivity index (χ4v) is 2.83. The molecule has 0 radical (unpaired) electrons. The summed E-state index contributed by atoms with van der Waals surface area (Å²) in [4.78, 5) is 38.3. The summed E-state index contributed by atoms with van der Waals surface area (Å²) in [5.41, 5.74) is 0.299. The quantitative estimate of drug-likeness (QED) is 0.550. The molecule has 0 fully saturated rings. The molecular weight excluding hydrogens is 366 g/mol. The molecule has 0 saturated heterocycles. The van der Waals surface area contributed by atoms with Crippen LogP contribution in [0.4, 0.5) is 4.79 Å². The van der Waals surface area contributed by atoms with Crippen molar-refractivity contribution in [2.75, 3.05) is 7.11 Å². The molecule has 1 aliphatic heterocycles. The minimum atomic E-state index is -1.34. The topological polar surface area (TPSA) is 72.9 Å². The SMILES string of the molecule is COC(=O)C1C(=O)c2cccc(Br)c2CN1C(=O)OC(C)(C)C. The molecule has 1 unspecified atom stereocenters. The number of hydrogen-bond acceptors (Lipinski definition) is 5. The second kappa shape index (κ2) is 6.31. The highest BCUT2D eigenvalue weighted by Crippen LogP contribution is 2.30. The minimum absolute atomic E-state index is 0.0805. The molecule has 1 aromatic rings. The van der Waals surface area contributed by atoms with E-state index in [0.29, 0.717) is 15.6 Å². The Morgan fingerprint density at radius 2 is 1.96 bits per heavy atom. The van der Waals surface area contributed by atoms with E-state index < -0.39 is 29.5 Å². The molecule has 0 spiro atoms. The molecule has 124 valence electrons. The highest BCUT2D eigenvalue weighted by atomic mass is 79.9. The molecule has 0 bridgehead atoms. The number of halogens is 1. The Labute approximate surface area is 142 Å². The molecule has 0 aliphatic carbocycles. The Hall–Kier alpha value is -1.89. The maximum absolute atomic E-state index is 12.7. The minimum Gasteiger partial charge on any atom is -0.467 e. The third kappa shape index (κ3) is 3.55. The van der Waals surface area contributed by atoms with Crippen LogP contribution in [0.3, 0.4) is 0 Å². The van der Waals surface area contributed by atoms with E-state index in [1.165, 1.54) is 7.11 Å². The Morgan fingerprint density at radius 1 is 1.30 bits per heavy atom. The monoisotopic (exact) mass is 383 g/mol. The molecule has 0 N–H and O–H groups in total. The lowest BCUT2D eigenvalue weighted by Gasteiger charge is -2.35. The predicted octanol–water partition coefficient (Wildman–Crippen LogP) is 2.92. The molecular formula is C16H18BrNO5. The average molecular weight is 384 g/mol.